The van der Waals surface area contributed by atoms with E-state index >= 15 is 0 Å². The minimum absolute atomic E-state index is 0.0195. The fourth-order valence-electron chi connectivity index (χ4n) is 8.47. The monoisotopic (exact) mass is 916 g/mol. The zero-order chi connectivity index (χ0) is 48.6. The molecule has 4 aromatic rings. The molecule has 0 bridgehead atoms. The number of ether oxygens (including phenoxy) is 2. The van der Waals surface area contributed by atoms with Crippen LogP contribution in [-0.4, -0.2) is 141 Å². The first-order chi connectivity index (χ1) is 32.7. The van der Waals surface area contributed by atoms with Crippen molar-refractivity contribution < 1.29 is 58.0 Å². The molecular weight excluding hydrogens is 877 g/mol. The smallest absolute Gasteiger partial charge is 0.338 e. The van der Waals surface area contributed by atoms with Crippen molar-refractivity contribution in [1.82, 2.24) is 19.6 Å². The van der Waals surface area contributed by atoms with Gasteiger partial charge in [0.05, 0.1) is 57.8 Å². The van der Waals surface area contributed by atoms with Crippen molar-refractivity contribution in [2.75, 3.05) is 49.2 Å². The Kier molecular flexibility index (Phi) is 12.5. The summed E-state index contributed by atoms with van der Waals surface area (Å²) >= 11 is 0. The molecule has 0 radical (unpaired) electrons. The molecule has 0 aliphatic carbocycles. The van der Waals surface area contributed by atoms with E-state index in [1.165, 1.54) is 92.4 Å². The lowest BCUT2D eigenvalue weighted by Gasteiger charge is -2.30. The number of fused-ring (bicyclic) bond motifs is 3. The molecule has 8 amide bonds. The van der Waals surface area contributed by atoms with E-state index in [9.17, 15) is 48.6 Å². The van der Waals surface area contributed by atoms with Crippen LogP contribution in [0.1, 0.15) is 73.3 Å². The number of benzene rings is 4. The van der Waals surface area contributed by atoms with Gasteiger partial charge in [0.25, 0.3) is 23.6 Å². The zero-order valence-corrected chi connectivity index (χ0v) is 36.0. The summed E-state index contributed by atoms with van der Waals surface area (Å²) in [6.45, 7) is 5.22. The van der Waals surface area contributed by atoms with E-state index in [-0.39, 0.29) is 57.8 Å². The highest BCUT2D eigenvalue weighted by Gasteiger charge is 2.59. The Balaban J connectivity index is 0.922. The summed E-state index contributed by atoms with van der Waals surface area (Å²) in [6, 6.07) is 18.9. The van der Waals surface area contributed by atoms with Crippen molar-refractivity contribution in [2.45, 2.75) is 24.5 Å². The van der Waals surface area contributed by atoms with Crippen molar-refractivity contribution in [2.24, 2.45) is 0 Å². The van der Waals surface area contributed by atoms with Gasteiger partial charge < -0.3 is 19.7 Å². The molecule has 4 aromatic carbocycles. The van der Waals surface area contributed by atoms with Gasteiger partial charge in [-0.15, -0.1) is 26.0 Å². The maximum absolute atomic E-state index is 14.2. The lowest BCUT2D eigenvalue weighted by atomic mass is 10.1. The normalized spacial score (nSPS) is 18.0. The lowest BCUT2D eigenvalue weighted by molar-refractivity contribution is 0.0110. The molecule has 2 N–H and O–H groups in total. The van der Waals surface area contributed by atoms with Crippen LogP contribution in [0.3, 0.4) is 0 Å². The van der Waals surface area contributed by atoms with Crippen molar-refractivity contribution in [3.63, 3.8) is 0 Å². The van der Waals surface area contributed by atoms with Crippen LogP contribution < -0.4 is 9.80 Å². The van der Waals surface area contributed by atoms with Crippen molar-refractivity contribution >= 4 is 59.0 Å². The van der Waals surface area contributed by atoms with Crippen LogP contribution in [0.4, 0.5) is 21.0 Å². The van der Waals surface area contributed by atoms with Gasteiger partial charge in [-0.3, -0.25) is 38.8 Å². The number of nitrogens with zero attached hydrogens (tertiary/aromatic N) is 6. The Morgan fingerprint density at radius 1 is 0.559 bits per heavy atom. The predicted octanol–water partition coefficient (Wildman–Crippen LogP) is 3.49. The molecule has 4 heterocycles. The van der Waals surface area contributed by atoms with Crippen LogP contribution >= 0.6 is 0 Å². The largest absolute Gasteiger partial charge is 0.459 e. The fourth-order valence-corrected chi connectivity index (χ4v) is 8.47. The molecule has 18 heteroatoms. The average molecular weight is 917 g/mol. The number of rotatable bonds is 16. The van der Waals surface area contributed by atoms with Crippen LogP contribution in [-0.2, 0) is 9.47 Å². The number of urea groups is 2. The summed E-state index contributed by atoms with van der Waals surface area (Å²) in [4.78, 5) is 114. The van der Waals surface area contributed by atoms with Gasteiger partial charge in [0.2, 0.25) is 0 Å². The van der Waals surface area contributed by atoms with Crippen LogP contribution in [0, 0.1) is 24.7 Å². The summed E-state index contributed by atoms with van der Waals surface area (Å²) in [5.74, 6) is 0.502. The highest BCUT2D eigenvalue weighted by molar-refractivity contribution is 6.35. The second-order valence-electron chi connectivity index (χ2n) is 15.9. The molecule has 0 saturated carbocycles. The quantitative estimate of drug-likeness (QED) is 0.0716. The van der Waals surface area contributed by atoms with Gasteiger partial charge in [0.15, 0.2) is 0 Å². The first-order valence-electron chi connectivity index (χ1n) is 21.0. The number of aliphatic hydroxyl groups is 2. The van der Waals surface area contributed by atoms with E-state index in [0.717, 1.165) is 9.80 Å². The van der Waals surface area contributed by atoms with Gasteiger partial charge in [0, 0.05) is 24.2 Å². The number of hydrogen-bond acceptors (Lipinski definition) is 12. The Hall–Kier alpha value is -8.84. The number of carbonyl (C=O) groups is 8. The molecule has 68 heavy (non-hydrogen) atoms. The van der Waals surface area contributed by atoms with Crippen molar-refractivity contribution in [3.8, 4) is 24.7 Å². The maximum Gasteiger partial charge on any atom is 0.338 e. The molecule has 4 unspecified atom stereocenters. The first kappa shape index (κ1) is 45.7. The Bertz CT molecular complexity index is 2730. The molecule has 342 valence electrons. The molecule has 4 aliphatic heterocycles. The first-order valence-corrected chi connectivity index (χ1v) is 21.0. The number of β-amino-alcohol motifs (C(OH)–C–C–N with tert-alkyl or cyclic N) is 2. The lowest BCUT2D eigenvalue weighted by Crippen LogP contribution is -2.50. The van der Waals surface area contributed by atoms with Crippen molar-refractivity contribution in [3.05, 3.63) is 155 Å². The Morgan fingerprint density at radius 3 is 1.26 bits per heavy atom. The van der Waals surface area contributed by atoms with Gasteiger partial charge in [0.1, 0.15) is 37.8 Å². The summed E-state index contributed by atoms with van der Waals surface area (Å²) < 4.78 is 10.8. The number of aliphatic hydroxyl groups excluding tert-OH is 2. The molecule has 4 atom stereocenters. The average Bonchev–Trinajstić information content (AvgIpc) is 3.96. The zero-order valence-electron chi connectivity index (χ0n) is 36.0. The van der Waals surface area contributed by atoms with Gasteiger partial charge in [-0.1, -0.05) is 24.0 Å². The third-order valence-electron chi connectivity index (χ3n) is 11.6. The number of terminal acetylenes is 2. The molecule has 0 spiro atoms. The molecule has 2 saturated heterocycles. The molecular formula is C50H40N6O12. The topological polar surface area (TPSA) is 215 Å². The number of carbonyl (C=O) groups excluding carboxylic acids is 8. The summed E-state index contributed by atoms with van der Waals surface area (Å²) in [6.07, 6.45) is 8.62. The van der Waals surface area contributed by atoms with E-state index in [0.29, 0.717) is 11.1 Å². The van der Waals surface area contributed by atoms with Crippen LogP contribution in [0.15, 0.2) is 110 Å². The Morgan fingerprint density at radius 2 is 0.912 bits per heavy atom. The van der Waals surface area contributed by atoms with Crippen LogP contribution in [0.25, 0.3) is 0 Å². The summed E-state index contributed by atoms with van der Waals surface area (Å²) in [5.41, 5.74) is 1.53. The predicted molar refractivity (Wildman–Crippen MR) is 242 cm³/mol. The number of amides is 8. The van der Waals surface area contributed by atoms with E-state index < -0.39 is 98.5 Å². The number of esters is 2. The molecule has 2 fully saturated rings. The highest BCUT2D eigenvalue weighted by Crippen LogP contribution is 2.36. The fraction of sp³-hybridized carbons (Fsp3) is 0.200. The number of anilines is 2. The second-order valence-corrected chi connectivity index (χ2v) is 15.9. The van der Waals surface area contributed by atoms with Crippen LogP contribution in [0.5, 0.6) is 0 Å². The van der Waals surface area contributed by atoms with Gasteiger partial charge in [-0.25, -0.2) is 29.0 Å². The summed E-state index contributed by atoms with van der Waals surface area (Å²) in [5, 5.41) is 22.4. The van der Waals surface area contributed by atoms with E-state index in [1.54, 1.807) is 24.3 Å². The third-order valence-corrected chi connectivity index (χ3v) is 11.6. The SMILES string of the molecule is C#Cc1ccc(N2C(=O)c3ccc(C(=O)OCC(O)CN4C(=O)N(CC(O)COC(=O)c5ccc6c(c5)C(=O)N(c5ccc(C#C)cc5)C6=O)C5C4N(CC=C)C(=O)N5CC=C)cc3C2=O)cc1. The molecule has 4 aliphatic rings. The second kappa shape index (κ2) is 18.6. The van der Waals surface area contributed by atoms with E-state index in [4.69, 9.17) is 22.3 Å². The van der Waals surface area contributed by atoms with Crippen molar-refractivity contribution in [1.29, 1.82) is 0 Å². The minimum atomic E-state index is -1.52. The standard InChI is InChI=1S/C50H40N6O12/c1-5-21-51-41-42(52(22-6-2)49(51)65)54(26-36(58)28-68-48(64)32-14-20-38-40(24-32)46(62)56(44(38)60)34-17-11-30(8-4)12-18-34)50(66)53(41)25-35(57)27-67-47(63)31-13-19-37-39(23-31)45(61)55(43(37)59)33-15-9-29(7-3)10-16-33/h3-6,9-20,23-24,35-36,41-42,57-58H,1-2,21-22,25-28H2. The molecule has 18 nitrogen and oxygen atoms in total. The number of hydrogen-bond donors (Lipinski definition) is 2. The highest BCUT2D eigenvalue weighted by atomic mass is 16.5. The number of imide groups is 2. The van der Waals surface area contributed by atoms with Gasteiger partial charge in [-0.2, -0.15) is 0 Å². The maximum atomic E-state index is 14.2. The van der Waals surface area contributed by atoms with E-state index in [2.05, 4.69) is 25.0 Å². The Labute approximate surface area is 388 Å². The summed E-state index contributed by atoms with van der Waals surface area (Å²) in [7, 11) is 0. The van der Waals surface area contributed by atoms with Gasteiger partial charge >= 0.3 is 24.0 Å². The van der Waals surface area contributed by atoms with Gasteiger partial charge in [-0.05, 0) is 84.9 Å². The molecule has 0 aromatic heterocycles. The molecule has 8 rings (SSSR count). The van der Waals surface area contributed by atoms with E-state index in [1.807, 2.05) is 0 Å². The third kappa shape index (κ3) is 8.10. The minimum Gasteiger partial charge on any atom is -0.459 e. The van der Waals surface area contributed by atoms with Crippen LogP contribution in [0.2, 0.25) is 0 Å².